The van der Waals surface area contributed by atoms with Gasteiger partial charge in [-0.1, -0.05) is 18.2 Å². The molecule has 0 saturated carbocycles. The molecule has 3 aromatic rings. The van der Waals surface area contributed by atoms with E-state index in [9.17, 15) is 14.0 Å². The van der Waals surface area contributed by atoms with Gasteiger partial charge in [-0.3, -0.25) is 9.69 Å². The average Bonchev–Trinajstić information content (AvgIpc) is 3.19. The van der Waals surface area contributed by atoms with E-state index in [1.807, 2.05) is 63.2 Å². The van der Waals surface area contributed by atoms with E-state index < -0.39 is 17.8 Å². The summed E-state index contributed by atoms with van der Waals surface area (Å²) in [4.78, 5) is 28.3. The highest BCUT2D eigenvalue weighted by Gasteiger charge is 2.34. The molecule has 32 heavy (non-hydrogen) atoms. The molecule has 164 valence electrons. The number of amides is 3. The van der Waals surface area contributed by atoms with Crippen molar-refractivity contribution in [1.29, 1.82) is 0 Å². The number of urea groups is 1. The van der Waals surface area contributed by atoms with Gasteiger partial charge >= 0.3 is 6.03 Å². The van der Waals surface area contributed by atoms with Gasteiger partial charge in [0.2, 0.25) is 0 Å². The molecule has 7 heteroatoms. The second kappa shape index (κ2) is 8.34. The number of aryl methyl sites for hydroxylation is 1. The number of nitrogens with one attached hydrogen (secondary N) is 1. The van der Waals surface area contributed by atoms with Crippen molar-refractivity contribution in [3.63, 3.8) is 0 Å². The molecule has 0 bridgehead atoms. The third-order valence-electron chi connectivity index (χ3n) is 5.64. The molecule has 0 unspecified atom stereocenters. The summed E-state index contributed by atoms with van der Waals surface area (Å²) >= 11 is 0. The molecule has 4 rings (SSSR count). The van der Waals surface area contributed by atoms with Gasteiger partial charge in [-0.05, 0) is 61.9 Å². The van der Waals surface area contributed by atoms with E-state index in [1.54, 1.807) is 24.3 Å². The first-order valence-corrected chi connectivity index (χ1v) is 10.3. The fourth-order valence-corrected chi connectivity index (χ4v) is 3.90. The van der Waals surface area contributed by atoms with Crippen LogP contribution in [0.3, 0.4) is 0 Å². The summed E-state index contributed by atoms with van der Waals surface area (Å²) in [7, 11) is 3.99. The van der Waals surface area contributed by atoms with Crippen molar-refractivity contribution in [2.75, 3.05) is 19.0 Å². The topological polar surface area (TPSA) is 57.6 Å². The number of aromatic nitrogens is 1. The van der Waals surface area contributed by atoms with Crippen LogP contribution in [0.2, 0.25) is 0 Å². The highest BCUT2D eigenvalue weighted by Crippen LogP contribution is 2.26. The number of hydrogen-bond donors (Lipinski definition) is 1. The predicted octanol–water partition coefficient (Wildman–Crippen LogP) is 4.39. The average molecular weight is 432 g/mol. The van der Waals surface area contributed by atoms with E-state index in [0.717, 1.165) is 33.2 Å². The van der Waals surface area contributed by atoms with Crippen molar-refractivity contribution >= 4 is 23.7 Å². The molecule has 0 aliphatic carbocycles. The third kappa shape index (κ3) is 3.89. The number of hydrogen-bond acceptors (Lipinski definition) is 3. The minimum atomic E-state index is -0.558. The maximum Gasteiger partial charge on any atom is 0.329 e. The maximum absolute atomic E-state index is 14.0. The first-order chi connectivity index (χ1) is 15.3. The molecule has 3 amide bonds. The molecule has 6 nitrogen and oxygen atoms in total. The summed E-state index contributed by atoms with van der Waals surface area (Å²) < 4.78 is 16.1. The molecular weight excluding hydrogens is 407 g/mol. The summed E-state index contributed by atoms with van der Waals surface area (Å²) in [6, 6.07) is 15.7. The van der Waals surface area contributed by atoms with Crippen LogP contribution in [0.4, 0.5) is 14.9 Å². The van der Waals surface area contributed by atoms with E-state index >= 15 is 0 Å². The normalized spacial score (nSPS) is 14.9. The van der Waals surface area contributed by atoms with Crippen LogP contribution in [0.25, 0.3) is 11.8 Å². The van der Waals surface area contributed by atoms with Gasteiger partial charge in [-0.2, -0.15) is 0 Å². The van der Waals surface area contributed by atoms with E-state index in [0.29, 0.717) is 0 Å². The second-order valence-electron chi connectivity index (χ2n) is 8.04. The minimum absolute atomic E-state index is 0.119. The van der Waals surface area contributed by atoms with Crippen LogP contribution < -0.4 is 10.2 Å². The second-order valence-corrected chi connectivity index (χ2v) is 8.04. The summed E-state index contributed by atoms with van der Waals surface area (Å²) in [6.45, 7) is 3.85. The number of carbonyl (C=O) groups excluding carboxylic acids is 2. The van der Waals surface area contributed by atoms with Crippen LogP contribution in [0.15, 0.2) is 60.3 Å². The van der Waals surface area contributed by atoms with Gasteiger partial charge in [-0.15, -0.1) is 0 Å². The lowest BCUT2D eigenvalue weighted by atomic mass is 10.2. The number of imide groups is 1. The monoisotopic (exact) mass is 432 g/mol. The largest absolute Gasteiger partial charge is 0.378 e. The van der Waals surface area contributed by atoms with Gasteiger partial charge in [-0.25, -0.2) is 9.18 Å². The smallest absolute Gasteiger partial charge is 0.329 e. The SMILES string of the molecule is Cc1cc(/C=C2/NC(=O)N(Cc3ccccc3F)C2=O)c(C)n1-c1ccc(N(C)C)cc1. The Bertz CT molecular complexity index is 1230. The molecule has 1 aliphatic heterocycles. The fourth-order valence-electron chi connectivity index (χ4n) is 3.90. The Hall–Kier alpha value is -3.87. The van der Waals surface area contributed by atoms with Gasteiger partial charge in [0.25, 0.3) is 5.91 Å². The number of halogens is 1. The fraction of sp³-hybridized carbons (Fsp3) is 0.200. The van der Waals surface area contributed by atoms with E-state index in [-0.39, 0.29) is 17.8 Å². The lowest BCUT2D eigenvalue weighted by Gasteiger charge is -2.15. The Morgan fingerprint density at radius 2 is 1.72 bits per heavy atom. The quantitative estimate of drug-likeness (QED) is 0.481. The van der Waals surface area contributed by atoms with Crippen molar-refractivity contribution in [2.45, 2.75) is 20.4 Å². The van der Waals surface area contributed by atoms with E-state index in [2.05, 4.69) is 9.88 Å². The molecule has 0 atom stereocenters. The molecule has 1 saturated heterocycles. The Balaban J connectivity index is 1.62. The lowest BCUT2D eigenvalue weighted by Crippen LogP contribution is -2.30. The highest BCUT2D eigenvalue weighted by atomic mass is 19.1. The van der Waals surface area contributed by atoms with Crippen LogP contribution in [0.5, 0.6) is 0 Å². The Labute approximate surface area is 186 Å². The van der Waals surface area contributed by atoms with E-state index in [1.165, 1.54) is 6.07 Å². The van der Waals surface area contributed by atoms with Crippen LogP contribution in [-0.2, 0) is 11.3 Å². The van der Waals surface area contributed by atoms with Gasteiger partial charge in [0.1, 0.15) is 11.5 Å². The molecule has 2 aromatic carbocycles. The van der Waals surface area contributed by atoms with Crippen LogP contribution in [0, 0.1) is 19.7 Å². The molecule has 0 radical (unpaired) electrons. The van der Waals surface area contributed by atoms with Gasteiger partial charge in [0, 0.05) is 42.4 Å². The zero-order valence-corrected chi connectivity index (χ0v) is 18.5. The molecule has 1 aliphatic rings. The highest BCUT2D eigenvalue weighted by molar-refractivity contribution is 6.14. The number of carbonyl (C=O) groups is 2. The first kappa shape index (κ1) is 21.4. The minimum Gasteiger partial charge on any atom is -0.378 e. The summed E-state index contributed by atoms with van der Waals surface area (Å²) in [5.74, 6) is -0.923. The molecule has 2 heterocycles. The third-order valence-corrected chi connectivity index (χ3v) is 5.64. The van der Waals surface area contributed by atoms with Crippen molar-refractivity contribution in [1.82, 2.24) is 14.8 Å². The Morgan fingerprint density at radius 1 is 1.03 bits per heavy atom. The van der Waals surface area contributed by atoms with Crippen LogP contribution in [0.1, 0.15) is 22.5 Å². The Kier molecular flexibility index (Phi) is 5.57. The summed E-state index contributed by atoms with van der Waals surface area (Å²) in [6.07, 6.45) is 1.68. The molecule has 0 spiro atoms. The van der Waals surface area contributed by atoms with Gasteiger partial charge in [0.05, 0.1) is 6.54 Å². The molecule has 1 aromatic heterocycles. The van der Waals surface area contributed by atoms with Crippen molar-refractivity contribution in [3.05, 3.63) is 88.6 Å². The zero-order valence-electron chi connectivity index (χ0n) is 18.5. The van der Waals surface area contributed by atoms with Crippen LogP contribution in [-0.4, -0.2) is 35.5 Å². The maximum atomic E-state index is 14.0. The van der Waals surface area contributed by atoms with Crippen molar-refractivity contribution in [3.8, 4) is 5.69 Å². The number of anilines is 1. The summed E-state index contributed by atoms with van der Waals surface area (Å²) in [5.41, 5.74) is 5.36. The van der Waals surface area contributed by atoms with Gasteiger partial charge in [0.15, 0.2) is 0 Å². The first-order valence-electron chi connectivity index (χ1n) is 10.3. The number of benzene rings is 2. The standard InChI is InChI=1S/C25H25FN4O2/c1-16-13-19(17(2)30(16)21-11-9-20(10-12-21)28(3)4)14-23-24(31)29(25(32)27-23)15-18-7-5-6-8-22(18)26/h5-14H,15H2,1-4H3,(H,27,32)/b23-14+. The van der Waals surface area contributed by atoms with E-state index in [4.69, 9.17) is 0 Å². The predicted molar refractivity (Wildman–Crippen MR) is 123 cm³/mol. The number of nitrogens with zero attached hydrogens (tertiary/aromatic N) is 3. The lowest BCUT2D eigenvalue weighted by molar-refractivity contribution is -0.123. The van der Waals surface area contributed by atoms with Crippen molar-refractivity contribution in [2.24, 2.45) is 0 Å². The van der Waals surface area contributed by atoms with Crippen LogP contribution >= 0.6 is 0 Å². The molecule has 1 fully saturated rings. The van der Waals surface area contributed by atoms with Crippen molar-refractivity contribution < 1.29 is 14.0 Å². The summed E-state index contributed by atoms with van der Waals surface area (Å²) in [5, 5.41) is 2.62. The zero-order chi connectivity index (χ0) is 23.0. The van der Waals surface area contributed by atoms with Gasteiger partial charge < -0.3 is 14.8 Å². The Morgan fingerprint density at radius 3 is 2.38 bits per heavy atom. The number of rotatable bonds is 5. The molecular formula is C25H25FN4O2. The molecule has 1 N–H and O–H groups in total.